The lowest BCUT2D eigenvalue weighted by Crippen LogP contribution is -2.56. The van der Waals surface area contributed by atoms with Gasteiger partial charge in [-0.2, -0.15) is 0 Å². The van der Waals surface area contributed by atoms with E-state index < -0.39 is 67.0 Å². The average Bonchev–Trinajstić information content (AvgIpc) is 2.88. The van der Waals surface area contributed by atoms with Crippen molar-refractivity contribution in [3.05, 3.63) is 69.7 Å². The smallest absolute Gasteiger partial charge is 0.509 e. The molecule has 1 amide bonds. The van der Waals surface area contributed by atoms with Crippen molar-refractivity contribution in [1.82, 2.24) is 5.32 Å². The molecule has 0 aromatic heterocycles. The summed E-state index contributed by atoms with van der Waals surface area (Å²) in [4.78, 5) is 62.9. The van der Waals surface area contributed by atoms with E-state index in [0.29, 0.717) is 0 Å². The average molecular weight is 606 g/mol. The summed E-state index contributed by atoms with van der Waals surface area (Å²) in [5, 5.41) is 22.2. The molecule has 1 unspecified atom stereocenters. The first-order valence-corrected chi connectivity index (χ1v) is 13.7. The highest BCUT2D eigenvalue weighted by Gasteiger charge is 2.54. The van der Waals surface area contributed by atoms with Crippen LogP contribution >= 0.6 is 23.2 Å². The topological polar surface area (TPSA) is 156 Å². The summed E-state index contributed by atoms with van der Waals surface area (Å²) in [6.45, 7) is 3.71. The SMILES string of the molecule is CC(C)C[C@H](CC(=O)[C@H](Cc1ccccc1)NC(=O)c1cc(Cl)ccc1Cl)B1OC(=O)CC(CC(=O)O)(C(=O)O)O1. The fraction of sp³-hybridized carbons (Fsp3) is 0.393. The van der Waals surface area contributed by atoms with Crippen molar-refractivity contribution in [3.63, 3.8) is 0 Å². The van der Waals surface area contributed by atoms with E-state index in [1.165, 1.54) is 18.2 Å². The monoisotopic (exact) mass is 605 g/mol. The number of nitrogens with one attached hydrogen (secondary N) is 1. The lowest BCUT2D eigenvalue weighted by Gasteiger charge is -2.37. The molecule has 3 rings (SSSR count). The van der Waals surface area contributed by atoms with Crippen LogP contribution in [0.5, 0.6) is 0 Å². The van der Waals surface area contributed by atoms with Gasteiger partial charge in [-0.25, -0.2) is 4.79 Å². The molecule has 1 fully saturated rings. The first kappa shape index (κ1) is 32.1. The standard InChI is InChI=1S/C28H30BCl2NO9/c1-16(2)10-18(29-40-25(36)15-28(41-29,27(38)39)14-24(34)35)12-23(33)22(11-17-6-4-3-5-7-17)32-26(37)20-13-19(30)8-9-21(20)31/h3-9,13,16,18,22H,10-12,14-15H2,1-2H3,(H,32,37)(H,34,35)(H,38,39)/t18-,22+,28?/m1/s1. The molecule has 218 valence electrons. The molecule has 1 aliphatic heterocycles. The van der Waals surface area contributed by atoms with E-state index in [9.17, 15) is 34.2 Å². The van der Waals surface area contributed by atoms with Crippen molar-refractivity contribution >= 4 is 59.9 Å². The summed E-state index contributed by atoms with van der Waals surface area (Å²) in [5.74, 6) is -5.97. The molecule has 0 bridgehead atoms. The van der Waals surface area contributed by atoms with E-state index >= 15 is 0 Å². The molecule has 3 N–H and O–H groups in total. The maximum Gasteiger partial charge on any atom is 0.531 e. The Morgan fingerprint density at radius 2 is 1.76 bits per heavy atom. The second kappa shape index (κ2) is 14.0. The van der Waals surface area contributed by atoms with Gasteiger partial charge in [0.25, 0.3) is 11.9 Å². The normalized spacial score (nSPS) is 18.4. The minimum atomic E-state index is -2.34. The van der Waals surface area contributed by atoms with Crippen LogP contribution in [0.2, 0.25) is 15.9 Å². The number of Topliss-reactive ketones (excluding diaryl/α,β-unsaturated/α-hetero) is 1. The van der Waals surface area contributed by atoms with E-state index in [4.69, 9.17) is 32.5 Å². The lowest BCUT2D eigenvalue weighted by atomic mass is 9.63. The van der Waals surface area contributed by atoms with E-state index in [0.717, 1.165) is 5.56 Å². The predicted molar refractivity (Wildman–Crippen MR) is 151 cm³/mol. The van der Waals surface area contributed by atoms with Gasteiger partial charge in [0, 0.05) is 17.3 Å². The number of rotatable bonds is 13. The Morgan fingerprint density at radius 3 is 2.37 bits per heavy atom. The molecule has 2 aromatic rings. The third kappa shape index (κ3) is 8.79. The molecular formula is C28H30BCl2NO9. The number of carbonyl (C=O) groups is 5. The number of hydrogen-bond acceptors (Lipinski definition) is 7. The fourth-order valence-electron chi connectivity index (χ4n) is 4.73. The van der Waals surface area contributed by atoms with Crippen LogP contribution in [0.15, 0.2) is 48.5 Å². The molecule has 3 atom stereocenters. The summed E-state index contributed by atoms with van der Waals surface area (Å²) in [7, 11) is -1.49. The number of carboxylic acid groups (broad SMARTS) is 2. The third-order valence-corrected chi connectivity index (χ3v) is 7.18. The first-order valence-electron chi connectivity index (χ1n) is 12.9. The van der Waals surface area contributed by atoms with Crippen molar-refractivity contribution in [3.8, 4) is 0 Å². The van der Waals surface area contributed by atoms with Gasteiger partial charge in [-0.3, -0.25) is 19.2 Å². The zero-order valence-electron chi connectivity index (χ0n) is 22.5. The van der Waals surface area contributed by atoms with Gasteiger partial charge < -0.3 is 24.8 Å². The Balaban J connectivity index is 1.91. The van der Waals surface area contributed by atoms with E-state index in [1.807, 2.05) is 19.9 Å². The molecule has 41 heavy (non-hydrogen) atoms. The minimum absolute atomic E-state index is 0.0387. The van der Waals surface area contributed by atoms with Gasteiger partial charge >= 0.3 is 19.1 Å². The van der Waals surface area contributed by atoms with Crippen LogP contribution in [-0.4, -0.2) is 58.6 Å². The Kier molecular flexibility index (Phi) is 10.9. The number of benzene rings is 2. The van der Waals surface area contributed by atoms with Crippen LogP contribution < -0.4 is 5.32 Å². The summed E-state index contributed by atoms with van der Waals surface area (Å²) >= 11 is 12.2. The van der Waals surface area contributed by atoms with Gasteiger partial charge in [-0.15, -0.1) is 0 Å². The fourth-order valence-corrected chi connectivity index (χ4v) is 5.11. The summed E-state index contributed by atoms with van der Waals surface area (Å²) < 4.78 is 11.0. The highest BCUT2D eigenvalue weighted by Crippen LogP contribution is 2.36. The summed E-state index contributed by atoms with van der Waals surface area (Å²) in [5.41, 5.74) is -1.51. The number of carboxylic acids is 2. The number of hydrogen-bond donors (Lipinski definition) is 3. The zero-order valence-corrected chi connectivity index (χ0v) is 24.0. The van der Waals surface area contributed by atoms with Crippen LogP contribution in [-0.2, 0) is 34.9 Å². The number of ketones is 1. The Hall–Kier alpha value is -3.41. The van der Waals surface area contributed by atoms with Gasteiger partial charge in [0.2, 0.25) is 0 Å². The molecule has 2 aromatic carbocycles. The maximum absolute atomic E-state index is 13.8. The van der Waals surface area contributed by atoms with Crippen LogP contribution in [0.4, 0.5) is 0 Å². The second-order valence-corrected chi connectivity index (χ2v) is 11.3. The van der Waals surface area contributed by atoms with Crippen molar-refractivity contribution in [1.29, 1.82) is 0 Å². The largest absolute Gasteiger partial charge is 0.531 e. The molecule has 1 saturated heterocycles. The van der Waals surface area contributed by atoms with Crippen LogP contribution in [0.1, 0.15) is 55.5 Å². The molecule has 0 spiro atoms. The molecule has 13 heteroatoms. The summed E-state index contributed by atoms with van der Waals surface area (Å²) in [6.07, 6.45) is -1.62. The van der Waals surface area contributed by atoms with Crippen LogP contribution in [0.3, 0.4) is 0 Å². The number of aliphatic carboxylic acids is 2. The van der Waals surface area contributed by atoms with E-state index in [-0.39, 0.29) is 40.8 Å². The van der Waals surface area contributed by atoms with Gasteiger partial charge in [0.15, 0.2) is 11.4 Å². The molecule has 0 aliphatic carbocycles. The molecule has 10 nitrogen and oxygen atoms in total. The minimum Gasteiger partial charge on any atom is -0.509 e. The van der Waals surface area contributed by atoms with E-state index in [2.05, 4.69) is 5.32 Å². The van der Waals surface area contributed by atoms with Crippen molar-refractivity contribution < 1.29 is 43.5 Å². The highest BCUT2D eigenvalue weighted by atomic mass is 35.5. The Labute approximate surface area is 247 Å². The molecule has 0 saturated carbocycles. The van der Waals surface area contributed by atoms with Crippen LogP contribution in [0.25, 0.3) is 0 Å². The first-order chi connectivity index (χ1) is 19.3. The predicted octanol–water partition coefficient (Wildman–Crippen LogP) is 4.46. The highest BCUT2D eigenvalue weighted by molar-refractivity contribution is 6.50. The van der Waals surface area contributed by atoms with Gasteiger partial charge in [-0.1, -0.05) is 67.4 Å². The lowest BCUT2D eigenvalue weighted by molar-refractivity contribution is -0.175. The van der Waals surface area contributed by atoms with E-state index in [1.54, 1.807) is 24.3 Å². The number of amides is 1. The maximum atomic E-state index is 13.8. The number of carbonyl (C=O) groups excluding carboxylic acids is 3. The van der Waals surface area contributed by atoms with Crippen molar-refractivity contribution in [2.45, 2.75) is 63.4 Å². The second-order valence-electron chi connectivity index (χ2n) is 10.4. The molecular weight excluding hydrogens is 576 g/mol. The third-order valence-electron chi connectivity index (χ3n) is 6.62. The molecule has 1 heterocycles. The van der Waals surface area contributed by atoms with Crippen molar-refractivity contribution in [2.75, 3.05) is 0 Å². The van der Waals surface area contributed by atoms with Gasteiger partial charge in [-0.05, 0) is 42.5 Å². The number of halogens is 2. The Bertz CT molecular complexity index is 1300. The van der Waals surface area contributed by atoms with Gasteiger partial charge in [0.1, 0.15) is 0 Å². The zero-order chi connectivity index (χ0) is 30.3. The summed E-state index contributed by atoms with van der Waals surface area (Å²) in [6, 6.07) is 12.3. The van der Waals surface area contributed by atoms with Crippen LogP contribution in [0, 0.1) is 5.92 Å². The Morgan fingerprint density at radius 1 is 1.07 bits per heavy atom. The quantitative estimate of drug-likeness (QED) is 0.280. The van der Waals surface area contributed by atoms with Gasteiger partial charge in [0.05, 0.1) is 29.5 Å². The molecule has 1 aliphatic rings. The molecule has 0 radical (unpaired) electrons. The van der Waals surface area contributed by atoms with Crippen molar-refractivity contribution in [2.24, 2.45) is 5.92 Å².